The van der Waals surface area contributed by atoms with Crippen molar-refractivity contribution in [1.82, 2.24) is 19.6 Å². The number of carbonyl (C=O) groups excluding carboxylic acids is 1. The SMILES string of the molecule is Cc1cccc(Cn2nc(C)c(NC(=O)c3ccn(COc4ccc(-c5ccccc5)cc4)n3)c2C)c1. The lowest BCUT2D eigenvalue weighted by Gasteiger charge is -2.08. The van der Waals surface area contributed by atoms with Crippen LogP contribution in [0.2, 0.25) is 0 Å². The molecular weight excluding hydrogens is 462 g/mol. The van der Waals surface area contributed by atoms with Crippen molar-refractivity contribution in [3.63, 3.8) is 0 Å². The normalized spacial score (nSPS) is 10.9. The number of nitrogens with one attached hydrogen (secondary N) is 1. The molecule has 37 heavy (non-hydrogen) atoms. The highest BCUT2D eigenvalue weighted by Crippen LogP contribution is 2.23. The molecule has 7 nitrogen and oxygen atoms in total. The maximum atomic E-state index is 12.9. The number of benzene rings is 3. The first kappa shape index (κ1) is 24.1. The van der Waals surface area contributed by atoms with Crippen LogP contribution in [-0.2, 0) is 13.3 Å². The average Bonchev–Trinajstić information content (AvgIpc) is 3.49. The Labute approximate surface area is 216 Å². The Kier molecular flexibility index (Phi) is 6.85. The summed E-state index contributed by atoms with van der Waals surface area (Å²) in [5.41, 5.74) is 7.33. The summed E-state index contributed by atoms with van der Waals surface area (Å²) in [7, 11) is 0. The third-order valence-electron chi connectivity index (χ3n) is 6.23. The van der Waals surface area contributed by atoms with E-state index < -0.39 is 0 Å². The summed E-state index contributed by atoms with van der Waals surface area (Å²) >= 11 is 0. The van der Waals surface area contributed by atoms with E-state index in [1.807, 2.05) is 67.1 Å². The number of hydrogen-bond acceptors (Lipinski definition) is 4. The summed E-state index contributed by atoms with van der Waals surface area (Å²) in [6, 6.07) is 28.1. The van der Waals surface area contributed by atoms with Gasteiger partial charge >= 0.3 is 0 Å². The molecule has 7 heteroatoms. The van der Waals surface area contributed by atoms with Crippen LogP contribution < -0.4 is 10.1 Å². The Balaban J connectivity index is 1.20. The highest BCUT2D eigenvalue weighted by atomic mass is 16.5. The minimum atomic E-state index is -0.285. The average molecular weight is 492 g/mol. The van der Waals surface area contributed by atoms with Gasteiger partial charge in [-0.25, -0.2) is 4.68 Å². The van der Waals surface area contributed by atoms with Crippen molar-refractivity contribution >= 4 is 11.6 Å². The molecule has 3 aromatic carbocycles. The molecule has 5 aromatic rings. The third-order valence-corrected chi connectivity index (χ3v) is 6.23. The Bertz CT molecular complexity index is 1520. The van der Waals surface area contributed by atoms with Gasteiger partial charge in [0.2, 0.25) is 0 Å². The van der Waals surface area contributed by atoms with Crippen molar-refractivity contribution in [2.75, 3.05) is 5.32 Å². The molecule has 0 radical (unpaired) electrons. The van der Waals surface area contributed by atoms with Crippen LogP contribution in [0.1, 0.15) is 33.0 Å². The van der Waals surface area contributed by atoms with Crippen molar-refractivity contribution in [2.45, 2.75) is 34.0 Å². The molecule has 5 rings (SSSR count). The Morgan fingerprint density at radius 3 is 2.38 bits per heavy atom. The molecular formula is C30H29N5O2. The van der Waals surface area contributed by atoms with Crippen LogP contribution in [0.3, 0.4) is 0 Å². The zero-order valence-electron chi connectivity index (χ0n) is 21.2. The summed E-state index contributed by atoms with van der Waals surface area (Å²) in [4.78, 5) is 12.9. The lowest BCUT2D eigenvalue weighted by molar-refractivity contribution is 0.102. The largest absolute Gasteiger partial charge is 0.471 e. The van der Waals surface area contributed by atoms with Crippen LogP contribution >= 0.6 is 0 Å². The van der Waals surface area contributed by atoms with Crippen LogP contribution in [0, 0.1) is 20.8 Å². The van der Waals surface area contributed by atoms with Crippen molar-refractivity contribution in [3.8, 4) is 16.9 Å². The van der Waals surface area contributed by atoms with E-state index in [0.717, 1.165) is 33.8 Å². The van der Waals surface area contributed by atoms with Crippen LogP contribution in [0.4, 0.5) is 5.69 Å². The van der Waals surface area contributed by atoms with Gasteiger partial charge in [-0.1, -0.05) is 72.3 Å². The predicted octanol–water partition coefficient (Wildman–Crippen LogP) is 6.01. The summed E-state index contributed by atoms with van der Waals surface area (Å²) in [6.45, 7) is 6.76. The highest BCUT2D eigenvalue weighted by molar-refractivity contribution is 6.03. The molecule has 186 valence electrons. The maximum absolute atomic E-state index is 12.9. The topological polar surface area (TPSA) is 74.0 Å². The van der Waals surface area contributed by atoms with Gasteiger partial charge in [-0.15, -0.1) is 0 Å². The van der Waals surface area contributed by atoms with Crippen molar-refractivity contribution < 1.29 is 9.53 Å². The van der Waals surface area contributed by atoms with Gasteiger partial charge in [-0.05, 0) is 55.7 Å². The molecule has 0 bridgehead atoms. The summed E-state index contributed by atoms with van der Waals surface area (Å²) in [6.07, 6.45) is 1.73. The van der Waals surface area contributed by atoms with Gasteiger partial charge in [0.1, 0.15) is 5.75 Å². The Morgan fingerprint density at radius 2 is 1.62 bits per heavy atom. The van der Waals surface area contributed by atoms with Crippen LogP contribution in [0.5, 0.6) is 5.75 Å². The summed E-state index contributed by atoms with van der Waals surface area (Å²) in [5, 5.41) is 12.0. The molecule has 1 N–H and O–H groups in total. The summed E-state index contributed by atoms with van der Waals surface area (Å²) in [5.74, 6) is 0.445. The van der Waals surface area contributed by atoms with Crippen molar-refractivity contribution in [1.29, 1.82) is 0 Å². The molecule has 0 unspecified atom stereocenters. The zero-order valence-corrected chi connectivity index (χ0v) is 21.2. The lowest BCUT2D eigenvalue weighted by atomic mass is 10.1. The van der Waals surface area contributed by atoms with Crippen LogP contribution in [-0.4, -0.2) is 25.5 Å². The van der Waals surface area contributed by atoms with Gasteiger partial charge < -0.3 is 10.1 Å². The summed E-state index contributed by atoms with van der Waals surface area (Å²) < 4.78 is 9.37. The number of amides is 1. The molecule has 0 fully saturated rings. The van der Waals surface area contributed by atoms with E-state index in [1.165, 1.54) is 5.56 Å². The van der Waals surface area contributed by atoms with Gasteiger partial charge in [0, 0.05) is 6.20 Å². The molecule has 0 atom stereocenters. The molecule has 0 saturated carbocycles. The first-order valence-electron chi connectivity index (χ1n) is 12.2. The maximum Gasteiger partial charge on any atom is 0.276 e. The number of nitrogens with zero attached hydrogens (tertiary/aromatic N) is 4. The number of aromatic nitrogens is 4. The second-order valence-electron chi connectivity index (χ2n) is 9.05. The van der Waals surface area contributed by atoms with E-state index in [2.05, 4.69) is 52.8 Å². The number of aryl methyl sites for hydroxylation is 2. The van der Waals surface area contributed by atoms with E-state index >= 15 is 0 Å². The lowest BCUT2D eigenvalue weighted by Crippen LogP contribution is -2.15. The molecule has 2 aromatic heterocycles. The number of rotatable bonds is 8. The van der Waals surface area contributed by atoms with E-state index in [4.69, 9.17) is 4.74 Å². The number of hydrogen-bond donors (Lipinski definition) is 1. The molecule has 1 amide bonds. The van der Waals surface area contributed by atoms with Crippen molar-refractivity contribution in [3.05, 3.63) is 119 Å². The zero-order chi connectivity index (χ0) is 25.8. The molecule has 0 aliphatic carbocycles. The number of ether oxygens (including phenoxy) is 1. The molecule has 0 spiro atoms. The molecule has 0 aliphatic heterocycles. The first-order valence-corrected chi connectivity index (χ1v) is 12.2. The molecule has 2 heterocycles. The third kappa shape index (κ3) is 5.62. The second-order valence-corrected chi connectivity index (χ2v) is 9.05. The number of carbonyl (C=O) groups is 1. The van der Waals surface area contributed by atoms with Crippen LogP contribution in [0.15, 0.2) is 91.1 Å². The van der Waals surface area contributed by atoms with Gasteiger partial charge in [0.25, 0.3) is 5.91 Å². The molecule has 0 aliphatic rings. The van der Waals surface area contributed by atoms with E-state index in [-0.39, 0.29) is 12.6 Å². The minimum absolute atomic E-state index is 0.199. The second kappa shape index (κ2) is 10.5. The quantitative estimate of drug-likeness (QED) is 0.289. The Hall–Kier alpha value is -4.65. The minimum Gasteiger partial charge on any atom is -0.471 e. The van der Waals surface area contributed by atoms with E-state index in [0.29, 0.717) is 17.9 Å². The van der Waals surface area contributed by atoms with Gasteiger partial charge in [-0.2, -0.15) is 10.2 Å². The van der Waals surface area contributed by atoms with Gasteiger partial charge in [0.05, 0.1) is 23.6 Å². The molecule has 0 saturated heterocycles. The fourth-order valence-corrected chi connectivity index (χ4v) is 4.26. The standard InChI is InChI=1S/C30H29N5O2/c1-21-8-7-9-24(18-21)19-35-23(3)29(22(2)32-35)31-30(36)28-16-17-34(33-28)20-37-27-14-12-26(13-15-27)25-10-5-4-6-11-25/h4-18H,19-20H2,1-3H3,(H,31,36). The van der Waals surface area contributed by atoms with E-state index in [1.54, 1.807) is 16.9 Å². The van der Waals surface area contributed by atoms with Crippen LogP contribution in [0.25, 0.3) is 11.1 Å². The van der Waals surface area contributed by atoms with Gasteiger partial charge in [-0.3, -0.25) is 9.48 Å². The highest BCUT2D eigenvalue weighted by Gasteiger charge is 2.17. The predicted molar refractivity (Wildman–Crippen MR) is 145 cm³/mol. The fourth-order valence-electron chi connectivity index (χ4n) is 4.26. The monoisotopic (exact) mass is 491 g/mol. The van der Waals surface area contributed by atoms with Gasteiger partial charge in [0.15, 0.2) is 12.4 Å². The smallest absolute Gasteiger partial charge is 0.276 e. The Morgan fingerprint density at radius 1 is 0.865 bits per heavy atom. The first-order chi connectivity index (χ1) is 18.0. The fraction of sp³-hybridized carbons (Fsp3) is 0.167. The number of anilines is 1. The van der Waals surface area contributed by atoms with E-state index in [9.17, 15) is 4.79 Å². The van der Waals surface area contributed by atoms with Crippen molar-refractivity contribution in [2.24, 2.45) is 0 Å².